The summed E-state index contributed by atoms with van der Waals surface area (Å²) in [4.78, 5) is 22.5. The molecule has 2 N–H and O–H groups in total. The molecule has 2 rings (SSSR count). The van der Waals surface area contributed by atoms with Crippen LogP contribution in [-0.4, -0.2) is 23.4 Å². The van der Waals surface area contributed by atoms with E-state index in [1.54, 1.807) is 24.3 Å². The van der Waals surface area contributed by atoms with Gasteiger partial charge >= 0.3 is 0 Å². The van der Waals surface area contributed by atoms with Gasteiger partial charge in [0.2, 0.25) is 0 Å². The summed E-state index contributed by atoms with van der Waals surface area (Å²) in [5.74, 6) is 0.233. The third-order valence-corrected chi connectivity index (χ3v) is 3.23. The number of phenolic OH excluding ortho intramolecular Hbond substituents is 1. The number of allylic oxidation sites excluding steroid dienone is 2. The maximum Gasteiger partial charge on any atom is 0.290 e. The van der Waals surface area contributed by atoms with Crippen LogP contribution in [0.3, 0.4) is 0 Å². The van der Waals surface area contributed by atoms with Crippen LogP contribution in [0.2, 0.25) is 0 Å². The highest BCUT2D eigenvalue weighted by Crippen LogP contribution is 2.26. The van der Waals surface area contributed by atoms with Crippen LogP contribution in [-0.2, 0) is 4.79 Å². The monoisotopic (exact) mass is 277 g/mol. The van der Waals surface area contributed by atoms with E-state index >= 15 is 0 Å². The van der Waals surface area contributed by atoms with Gasteiger partial charge in [-0.15, -0.1) is 0 Å². The zero-order valence-electron chi connectivity index (χ0n) is 10.0. The van der Waals surface area contributed by atoms with Gasteiger partial charge in [-0.25, -0.2) is 0 Å². The number of carbonyl (C=O) groups excluding carboxylic acids is 2. The summed E-state index contributed by atoms with van der Waals surface area (Å²) >= 11 is 0.847. The first-order valence-corrected chi connectivity index (χ1v) is 6.20. The second kappa shape index (κ2) is 5.62. The van der Waals surface area contributed by atoms with Crippen LogP contribution in [0.5, 0.6) is 11.5 Å². The number of nitrogens with one attached hydrogen (secondary N) is 1. The lowest BCUT2D eigenvalue weighted by Gasteiger charge is -2.02. The number of thioether (sulfide) groups is 1. The van der Waals surface area contributed by atoms with E-state index in [1.165, 1.54) is 19.3 Å². The first kappa shape index (κ1) is 13.2. The molecule has 1 saturated heterocycles. The normalized spacial score (nSPS) is 17.2. The van der Waals surface area contributed by atoms with E-state index in [2.05, 4.69) is 5.32 Å². The molecule has 1 aliphatic heterocycles. The van der Waals surface area contributed by atoms with E-state index in [-0.39, 0.29) is 11.0 Å². The Balaban J connectivity index is 2.13. The third-order valence-electron chi connectivity index (χ3n) is 2.40. The molecule has 1 aromatic rings. The maximum absolute atomic E-state index is 11.3. The van der Waals surface area contributed by atoms with Crippen molar-refractivity contribution in [1.29, 1.82) is 0 Å². The number of imide groups is 1. The first-order chi connectivity index (χ1) is 9.10. The van der Waals surface area contributed by atoms with Gasteiger partial charge < -0.3 is 9.84 Å². The van der Waals surface area contributed by atoms with Crippen molar-refractivity contribution in [2.24, 2.45) is 0 Å². The summed E-state index contributed by atoms with van der Waals surface area (Å²) in [6.45, 7) is 0. The first-order valence-electron chi connectivity index (χ1n) is 5.38. The molecule has 19 heavy (non-hydrogen) atoms. The maximum atomic E-state index is 11.3. The molecule has 0 saturated carbocycles. The Labute approximate surface area is 114 Å². The molecule has 0 aromatic heterocycles. The fourth-order valence-electron chi connectivity index (χ4n) is 1.47. The summed E-state index contributed by atoms with van der Waals surface area (Å²) in [6, 6.07) is 4.90. The van der Waals surface area contributed by atoms with Gasteiger partial charge in [0, 0.05) is 11.6 Å². The average Bonchev–Trinajstić information content (AvgIpc) is 2.70. The molecule has 0 radical (unpaired) electrons. The van der Waals surface area contributed by atoms with E-state index in [9.17, 15) is 14.7 Å². The molecule has 0 spiro atoms. The van der Waals surface area contributed by atoms with Crippen LogP contribution in [0.15, 0.2) is 35.3 Å². The molecule has 0 atom stereocenters. The summed E-state index contributed by atoms with van der Waals surface area (Å²) in [5, 5.41) is 11.5. The number of phenols is 1. The Morgan fingerprint density at radius 2 is 2.16 bits per heavy atom. The highest BCUT2D eigenvalue weighted by molar-refractivity contribution is 8.18. The minimum atomic E-state index is -0.404. The van der Waals surface area contributed by atoms with Crippen LogP contribution in [0, 0.1) is 0 Å². The lowest BCUT2D eigenvalue weighted by atomic mass is 10.2. The SMILES string of the molecule is COc1ccc(C=CC=C2SC(=O)NC2=O)c(O)c1. The number of amides is 2. The van der Waals surface area contributed by atoms with E-state index in [1.807, 2.05) is 0 Å². The van der Waals surface area contributed by atoms with Gasteiger partial charge in [-0.3, -0.25) is 14.9 Å². The molecule has 1 aliphatic rings. The number of hydrogen-bond acceptors (Lipinski definition) is 5. The van der Waals surface area contributed by atoms with Crippen molar-refractivity contribution < 1.29 is 19.4 Å². The second-order valence-corrected chi connectivity index (χ2v) is 4.67. The Hall–Kier alpha value is -2.21. The van der Waals surface area contributed by atoms with Crippen molar-refractivity contribution in [1.82, 2.24) is 5.32 Å². The number of hydrogen-bond donors (Lipinski definition) is 2. The van der Waals surface area contributed by atoms with Crippen molar-refractivity contribution in [3.63, 3.8) is 0 Å². The summed E-state index contributed by atoms with van der Waals surface area (Å²) in [7, 11) is 1.52. The Bertz CT molecular complexity index is 592. The number of benzene rings is 1. The van der Waals surface area contributed by atoms with E-state index in [0.717, 1.165) is 11.8 Å². The molecule has 1 aromatic carbocycles. The Morgan fingerprint density at radius 3 is 2.74 bits per heavy atom. The van der Waals surface area contributed by atoms with Crippen molar-refractivity contribution in [2.75, 3.05) is 7.11 Å². The molecule has 1 heterocycles. The number of rotatable bonds is 3. The molecular formula is C13H11NO4S. The van der Waals surface area contributed by atoms with Gasteiger partial charge in [0.25, 0.3) is 11.1 Å². The third kappa shape index (κ3) is 3.17. The highest BCUT2D eigenvalue weighted by atomic mass is 32.2. The molecule has 2 amide bonds. The van der Waals surface area contributed by atoms with Crippen molar-refractivity contribution >= 4 is 29.0 Å². The molecule has 0 aliphatic carbocycles. The zero-order chi connectivity index (χ0) is 13.8. The van der Waals surface area contributed by atoms with E-state index in [0.29, 0.717) is 16.2 Å². The Kier molecular flexibility index (Phi) is 3.91. The average molecular weight is 277 g/mol. The zero-order valence-corrected chi connectivity index (χ0v) is 10.9. The summed E-state index contributed by atoms with van der Waals surface area (Å²) in [5.41, 5.74) is 0.590. The van der Waals surface area contributed by atoms with Gasteiger partial charge in [-0.05, 0) is 30.0 Å². The standard InChI is InChI=1S/C13H11NO4S/c1-18-9-6-5-8(10(15)7-9)3-2-4-11-12(16)14-13(17)19-11/h2-7,15H,1H3,(H,14,16,17). The van der Waals surface area contributed by atoms with Gasteiger partial charge in [-0.2, -0.15) is 0 Å². The molecule has 1 fully saturated rings. The van der Waals surface area contributed by atoms with Crippen LogP contribution in [0.4, 0.5) is 4.79 Å². The van der Waals surface area contributed by atoms with Crippen molar-refractivity contribution in [3.05, 3.63) is 40.8 Å². The number of methoxy groups -OCH3 is 1. The van der Waals surface area contributed by atoms with Crippen LogP contribution in [0.1, 0.15) is 5.56 Å². The van der Waals surface area contributed by atoms with Gasteiger partial charge in [0.05, 0.1) is 12.0 Å². The smallest absolute Gasteiger partial charge is 0.290 e. The summed E-state index contributed by atoms with van der Waals surface area (Å²) in [6.07, 6.45) is 4.76. The van der Waals surface area contributed by atoms with E-state index in [4.69, 9.17) is 4.74 Å². The highest BCUT2D eigenvalue weighted by Gasteiger charge is 2.24. The second-order valence-electron chi connectivity index (χ2n) is 3.66. The molecule has 6 heteroatoms. The minimum absolute atomic E-state index is 0.0774. The van der Waals surface area contributed by atoms with Crippen molar-refractivity contribution in [2.45, 2.75) is 0 Å². The topological polar surface area (TPSA) is 75.6 Å². The molecule has 0 unspecified atom stereocenters. The predicted octanol–water partition coefficient (Wildman–Crippen LogP) is 2.28. The van der Waals surface area contributed by atoms with Crippen molar-refractivity contribution in [3.8, 4) is 11.5 Å². The number of ether oxygens (including phenoxy) is 1. The van der Waals surface area contributed by atoms with Crippen LogP contribution < -0.4 is 10.1 Å². The van der Waals surface area contributed by atoms with E-state index < -0.39 is 5.91 Å². The quantitative estimate of drug-likeness (QED) is 0.829. The largest absolute Gasteiger partial charge is 0.507 e. The fraction of sp³-hybridized carbons (Fsp3) is 0.0769. The van der Waals surface area contributed by atoms with Gasteiger partial charge in [-0.1, -0.05) is 12.2 Å². The Morgan fingerprint density at radius 1 is 1.37 bits per heavy atom. The number of carbonyl (C=O) groups is 2. The minimum Gasteiger partial charge on any atom is -0.507 e. The van der Waals surface area contributed by atoms with Gasteiger partial charge in [0.15, 0.2) is 0 Å². The lowest BCUT2D eigenvalue weighted by molar-refractivity contribution is -0.115. The molecule has 0 bridgehead atoms. The fourth-order valence-corrected chi connectivity index (χ4v) is 2.10. The van der Waals surface area contributed by atoms with Crippen LogP contribution >= 0.6 is 11.8 Å². The predicted molar refractivity (Wildman–Crippen MR) is 72.9 cm³/mol. The van der Waals surface area contributed by atoms with Gasteiger partial charge in [0.1, 0.15) is 11.5 Å². The molecule has 98 valence electrons. The lowest BCUT2D eigenvalue weighted by Crippen LogP contribution is -2.17. The molecular weight excluding hydrogens is 266 g/mol. The summed E-state index contributed by atoms with van der Waals surface area (Å²) < 4.78 is 4.97. The number of aromatic hydroxyl groups is 1. The van der Waals surface area contributed by atoms with Crippen LogP contribution in [0.25, 0.3) is 6.08 Å². The molecule has 5 nitrogen and oxygen atoms in total.